The summed E-state index contributed by atoms with van der Waals surface area (Å²) in [7, 11) is 3.11. The first-order chi connectivity index (χ1) is 13.6. The Morgan fingerprint density at radius 3 is 2.54 bits per heavy atom. The molecule has 0 amide bonds. The van der Waals surface area contributed by atoms with Gasteiger partial charge in [0.2, 0.25) is 11.9 Å². The van der Waals surface area contributed by atoms with Crippen LogP contribution >= 0.6 is 0 Å². The maximum atomic E-state index is 9.63. The van der Waals surface area contributed by atoms with Crippen molar-refractivity contribution in [3.63, 3.8) is 0 Å². The zero-order valence-corrected chi connectivity index (χ0v) is 15.4. The minimum Gasteiger partial charge on any atom is -0.497 e. The summed E-state index contributed by atoms with van der Waals surface area (Å²) >= 11 is 0. The van der Waals surface area contributed by atoms with Crippen molar-refractivity contribution in [2.45, 2.75) is 0 Å². The van der Waals surface area contributed by atoms with E-state index in [0.717, 1.165) is 5.69 Å². The van der Waals surface area contributed by atoms with Crippen LogP contribution in [0.15, 0.2) is 48.5 Å². The van der Waals surface area contributed by atoms with Gasteiger partial charge < -0.3 is 20.5 Å². The van der Waals surface area contributed by atoms with E-state index in [2.05, 4.69) is 26.3 Å². The first-order valence-electron chi connectivity index (χ1n) is 8.30. The SMILES string of the molecule is COc1ccc(/C=C(\C#N)c2nc(N)nc(Nc3ccccc3)n2)c(OC)c1. The quantitative estimate of drug-likeness (QED) is 0.631. The van der Waals surface area contributed by atoms with E-state index in [1.165, 1.54) is 0 Å². The number of methoxy groups -OCH3 is 2. The second kappa shape index (κ2) is 8.51. The average molecular weight is 374 g/mol. The fraction of sp³-hybridized carbons (Fsp3) is 0.100. The van der Waals surface area contributed by atoms with E-state index < -0.39 is 0 Å². The average Bonchev–Trinajstić information content (AvgIpc) is 2.72. The minimum absolute atomic E-state index is 0.00581. The lowest BCUT2D eigenvalue weighted by Gasteiger charge is -2.09. The lowest BCUT2D eigenvalue weighted by atomic mass is 10.1. The van der Waals surface area contributed by atoms with Crippen LogP contribution in [0.1, 0.15) is 11.4 Å². The van der Waals surface area contributed by atoms with Gasteiger partial charge in [-0.3, -0.25) is 0 Å². The van der Waals surface area contributed by atoms with Crippen molar-refractivity contribution >= 4 is 29.2 Å². The van der Waals surface area contributed by atoms with Gasteiger partial charge in [-0.15, -0.1) is 0 Å². The van der Waals surface area contributed by atoms with Crippen LogP contribution in [0.25, 0.3) is 11.6 Å². The second-order valence-corrected chi connectivity index (χ2v) is 5.61. The number of nitrogen functional groups attached to an aromatic ring is 1. The highest BCUT2D eigenvalue weighted by Gasteiger charge is 2.12. The number of hydrogen-bond donors (Lipinski definition) is 2. The normalized spacial score (nSPS) is 10.8. The third-order valence-electron chi connectivity index (χ3n) is 3.78. The highest BCUT2D eigenvalue weighted by atomic mass is 16.5. The summed E-state index contributed by atoms with van der Waals surface area (Å²) in [6, 6.07) is 16.8. The number of nitrogens with one attached hydrogen (secondary N) is 1. The molecule has 140 valence electrons. The lowest BCUT2D eigenvalue weighted by molar-refractivity contribution is 0.394. The van der Waals surface area contributed by atoms with Crippen molar-refractivity contribution in [2.24, 2.45) is 0 Å². The molecule has 3 N–H and O–H groups in total. The van der Waals surface area contributed by atoms with Gasteiger partial charge in [-0.1, -0.05) is 18.2 Å². The minimum atomic E-state index is 0.00581. The number of anilines is 3. The van der Waals surface area contributed by atoms with E-state index in [4.69, 9.17) is 15.2 Å². The fourth-order valence-electron chi connectivity index (χ4n) is 2.46. The van der Waals surface area contributed by atoms with E-state index in [-0.39, 0.29) is 23.3 Å². The van der Waals surface area contributed by atoms with Crippen LogP contribution < -0.4 is 20.5 Å². The van der Waals surface area contributed by atoms with Crippen LogP contribution in [-0.2, 0) is 0 Å². The Morgan fingerprint density at radius 2 is 1.86 bits per heavy atom. The fourth-order valence-corrected chi connectivity index (χ4v) is 2.46. The van der Waals surface area contributed by atoms with Crippen molar-refractivity contribution < 1.29 is 9.47 Å². The molecule has 3 rings (SSSR count). The van der Waals surface area contributed by atoms with Gasteiger partial charge in [0.25, 0.3) is 0 Å². The number of ether oxygens (including phenoxy) is 2. The Bertz CT molecular complexity index is 1040. The zero-order valence-electron chi connectivity index (χ0n) is 15.4. The molecule has 0 spiro atoms. The van der Waals surface area contributed by atoms with Crippen molar-refractivity contribution in [2.75, 3.05) is 25.3 Å². The molecule has 0 aliphatic rings. The molecule has 2 aromatic carbocycles. The van der Waals surface area contributed by atoms with Crippen LogP contribution in [0.2, 0.25) is 0 Å². The summed E-state index contributed by atoms with van der Waals surface area (Å²) in [6.45, 7) is 0. The second-order valence-electron chi connectivity index (χ2n) is 5.61. The molecule has 0 fully saturated rings. The molecule has 3 aromatic rings. The van der Waals surface area contributed by atoms with Gasteiger partial charge in [0, 0.05) is 17.3 Å². The summed E-state index contributed by atoms with van der Waals surface area (Å²) < 4.78 is 10.6. The highest BCUT2D eigenvalue weighted by Crippen LogP contribution is 2.28. The Morgan fingerprint density at radius 1 is 1.07 bits per heavy atom. The molecule has 0 radical (unpaired) electrons. The molecule has 0 atom stereocenters. The number of hydrogen-bond acceptors (Lipinski definition) is 8. The highest BCUT2D eigenvalue weighted by molar-refractivity contribution is 5.88. The Balaban J connectivity index is 1.99. The number of nitriles is 1. The third-order valence-corrected chi connectivity index (χ3v) is 3.78. The van der Waals surface area contributed by atoms with E-state index in [1.54, 1.807) is 38.5 Å². The Kier molecular flexibility index (Phi) is 5.67. The van der Waals surface area contributed by atoms with Gasteiger partial charge in [0.15, 0.2) is 5.82 Å². The third kappa shape index (κ3) is 4.34. The molecular formula is C20H18N6O2. The molecule has 0 aliphatic heterocycles. The predicted octanol–water partition coefficient (Wildman–Crippen LogP) is 3.28. The topological polar surface area (TPSA) is 119 Å². The molecule has 0 saturated carbocycles. The van der Waals surface area contributed by atoms with Gasteiger partial charge in [-0.05, 0) is 30.3 Å². The molecule has 28 heavy (non-hydrogen) atoms. The summed E-state index contributed by atoms with van der Waals surface area (Å²) in [4.78, 5) is 12.5. The molecule has 8 nitrogen and oxygen atoms in total. The van der Waals surface area contributed by atoms with Crippen LogP contribution in [0, 0.1) is 11.3 Å². The van der Waals surface area contributed by atoms with Crippen LogP contribution in [0.3, 0.4) is 0 Å². The molecular weight excluding hydrogens is 356 g/mol. The zero-order chi connectivity index (χ0) is 19.9. The Hall–Kier alpha value is -4.12. The largest absolute Gasteiger partial charge is 0.497 e. The standard InChI is InChI=1S/C20H18N6O2/c1-27-16-9-8-13(17(11-16)28-2)10-14(12-21)18-24-19(22)26-20(25-18)23-15-6-4-3-5-7-15/h3-11H,1-2H3,(H3,22,23,24,25,26)/b14-10+. The molecule has 1 aromatic heterocycles. The van der Waals surface area contributed by atoms with Crippen LogP contribution in [-0.4, -0.2) is 29.2 Å². The molecule has 0 saturated heterocycles. The first kappa shape index (κ1) is 18.7. The summed E-state index contributed by atoms with van der Waals surface area (Å²) in [5.41, 5.74) is 7.50. The van der Waals surface area contributed by atoms with Crippen molar-refractivity contribution in [1.82, 2.24) is 15.0 Å². The van der Waals surface area contributed by atoms with Crippen LogP contribution in [0.4, 0.5) is 17.6 Å². The van der Waals surface area contributed by atoms with Crippen LogP contribution in [0.5, 0.6) is 11.5 Å². The van der Waals surface area contributed by atoms with Gasteiger partial charge in [-0.2, -0.15) is 20.2 Å². The summed E-state index contributed by atoms with van der Waals surface area (Å²) in [6.07, 6.45) is 1.62. The number of benzene rings is 2. The van der Waals surface area contributed by atoms with E-state index in [9.17, 15) is 5.26 Å². The van der Waals surface area contributed by atoms with Gasteiger partial charge in [0.1, 0.15) is 17.6 Å². The molecule has 0 unspecified atom stereocenters. The number of rotatable bonds is 6. The maximum absolute atomic E-state index is 9.63. The van der Waals surface area contributed by atoms with Gasteiger partial charge in [0.05, 0.1) is 19.8 Å². The van der Waals surface area contributed by atoms with E-state index in [0.29, 0.717) is 17.1 Å². The predicted molar refractivity (Wildman–Crippen MR) is 107 cm³/mol. The smallest absolute Gasteiger partial charge is 0.232 e. The molecule has 0 aliphatic carbocycles. The van der Waals surface area contributed by atoms with Gasteiger partial charge >= 0.3 is 0 Å². The number of nitrogens with two attached hydrogens (primary N) is 1. The molecule has 0 bridgehead atoms. The maximum Gasteiger partial charge on any atom is 0.232 e. The lowest BCUT2D eigenvalue weighted by Crippen LogP contribution is -2.06. The first-order valence-corrected chi connectivity index (χ1v) is 8.30. The monoisotopic (exact) mass is 374 g/mol. The summed E-state index contributed by atoms with van der Waals surface area (Å²) in [5.74, 6) is 1.61. The van der Waals surface area contributed by atoms with E-state index in [1.807, 2.05) is 30.3 Å². The van der Waals surface area contributed by atoms with Gasteiger partial charge in [-0.25, -0.2) is 0 Å². The van der Waals surface area contributed by atoms with Crippen molar-refractivity contribution in [3.8, 4) is 17.6 Å². The van der Waals surface area contributed by atoms with E-state index >= 15 is 0 Å². The number of aromatic nitrogens is 3. The molecule has 8 heteroatoms. The number of para-hydroxylation sites is 1. The van der Waals surface area contributed by atoms with Crippen molar-refractivity contribution in [1.29, 1.82) is 5.26 Å². The van der Waals surface area contributed by atoms with Crippen molar-refractivity contribution in [3.05, 3.63) is 59.9 Å². The Labute approximate surface area is 162 Å². The molecule has 1 heterocycles. The number of allylic oxidation sites excluding steroid dienone is 1. The number of nitrogens with zero attached hydrogens (tertiary/aromatic N) is 4. The summed E-state index contributed by atoms with van der Waals surface area (Å²) in [5, 5.41) is 12.7.